The summed E-state index contributed by atoms with van der Waals surface area (Å²) in [6, 6.07) is 1.68. The molecule has 126 valence electrons. The third-order valence-corrected chi connectivity index (χ3v) is 3.20. The molecule has 0 radical (unpaired) electrons. The Kier molecular flexibility index (Phi) is 4.96. The van der Waals surface area contributed by atoms with Gasteiger partial charge < -0.3 is 10.1 Å². The topological polar surface area (TPSA) is 116 Å². The van der Waals surface area contributed by atoms with E-state index in [2.05, 4.69) is 37.6 Å². The lowest BCUT2D eigenvalue weighted by Crippen LogP contribution is -2.20. The number of rotatable bonds is 8. The van der Waals surface area contributed by atoms with Crippen LogP contribution in [-0.4, -0.2) is 54.5 Å². The summed E-state index contributed by atoms with van der Waals surface area (Å²) >= 11 is 0. The van der Waals surface area contributed by atoms with Gasteiger partial charge in [0.2, 0.25) is 0 Å². The minimum Gasteiger partial charge on any atom is -0.380 e. The van der Waals surface area contributed by atoms with Gasteiger partial charge in [-0.05, 0) is 6.42 Å². The van der Waals surface area contributed by atoms with Gasteiger partial charge >= 0.3 is 0 Å². The van der Waals surface area contributed by atoms with Crippen molar-refractivity contribution in [1.29, 1.82) is 0 Å². The number of hydrogen-bond acceptors (Lipinski definition) is 7. The summed E-state index contributed by atoms with van der Waals surface area (Å²) in [5, 5.41) is 13.5. The van der Waals surface area contributed by atoms with Crippen molar-refractivity contribution < 1.29 is 4.74 Å². The molecule has 2 N–H and O–H groups in total. The smallest absolute Gasteiger partial charge is 0.298 e. The van der Waals surface area contributed by atoms with Gasteiger partial charge in [-0.1, -0.05) is 12.1 Å². The average molecular weight is 330 g/mol. The second-order valence-corrected chi connectivity index (χ2v) is 4.95. The van der Waals surface area contributed by atoms with Crippen molar-refractivity contribution in [3.05, 3.63) is 41.3 Å². The van der Waals surface area contributed by atoms with E-state index in [1.165, 1.54) is 21.9 Å². The molecule has 0 fully saturated rings. The number of H-pyrrole nitrogens is 1. The summed E-state index contributed by atoms with van der Waals surface area (Å²) in [4.78, 5) is 20.7. The van der Waals surface area contributed by atoms with Crippen LogP contribution in [0.3, 0.4) is 0 Å². The Balaban J connectivity index is 1.74. The maximum absolute atomic E-state index is 12.5. The van der Waals surface area contributed by atoms with E-state index in [0.717, 1.165) is 13.0 Å². The number of hydrogen-bond donors (Lipinski definition) is 2. The molecule has 0 aromatic carbocycles. The van der Waals surface area contributed by atoms with E-state index in [4.69, 9.17) is 4.74 Å². The van der Waals surface area contributed by atoms with Gasteiger partial charge in [-0.25, -0.2) is 14.6 Å². The lowest BCUT2D eigenvalue weighted by molar-refractivity contribution is 0.144. The van der Waals surface area contributed by atoms with Crippen molar-refractivity contribution in [3.63, 3.8) is 0 Å². The third-order valence-electron chi connectivity index (χ3n) is 3.20. The van der Waals surface area contributed by atoms with Gasteiger partial charge in [0.15, 0.2) is 11.5 Å². The summed E-state index contributed by atoms with van der Waals surface area (Å²) in [5.74, 6) is 1.04. The molecule has 3 aromatic rings. The van der Waals surface area contributed by atoms with Crippen LogP contribution in [0, 0.1) is 0 Å². The summed E-state index contributed by atoms with van der Waals surface area (Å²) in [5.41, 5.74) is 0.0741. The predicted octanol–water partition coefficient (Wildman–Crippen LogP) is 0.375. The normalized spacial score (nSPS) is 10.9. The van der Waals surface area contributed by atoms with Crippen molar-refractivity contribution in [3.8, 4) is 11.5 Å². The molecule has 10 nitrogen and oxygen atoms in total. The van der Waals surface area contributed by atoms with Crippen molar-refractivity contribution >= 4 is 5.82 Å². The minimum atomic E-state index is -0.281. The number of ether oxygens (including phenoxy) is 1. The van der Waals surface area contributed by atoms with E-state index >= 15 is 0 Å². The molecular weight excluding hydrogens is 312 g/mol. The van der Waals surface area contributed by atoms with Crippen LogP contribution in [0.15, 0.2) is 35.8 Å². The van der Waals surface area contributed by atoms with E-state index in [9.17, 15) is 4.79 Å². The highest BCUT2D eigenvalue weighted by Crippen LogP contribution is 2.07. The van der Waals surface area contributed by atoms with Crippen molar-refractivity contribution in [1.82, 2.24) is 34.7 Å². The van der Waals surface area contributed by atoms with Crippen LogP contribution >= 0.6 is 0 Å². The van der Waals surface area contributed by atoms with Crippen LogP contribution in [0.25, 0.3) is 11.5 Å². The van der Waals surface area contributed by atoms with Gasteiger partial charge in [-0.15, -0.1) is 5.10 Å². The first-order valence-electron chi connectivity index (χ1n) is 7.60. The fraction of sp³-hybridized carbons (Fsp3) is 0.357. The lowest BCUT2D eigenvalue weighted by atomic mass is 10.5. The number of nitrogens with zero attached hydrogens (tertiary/aromatic N) is 6. The largest absolute Gasteiger partial charge is 0.380 e. The number of aromatic nitrogens is 7. The van der Waals surface area contributed by atoms with E-state index in [1.807, 2.05) is 0 Å². The van der Waals surface area contributed by atoms with Crippen molar-refractivity contribution in [2.75, 3.05) is 25.1 Å². The maximum Gasteiger partial charge on any atom is 0.298 e. The Morgan fingerprint density at radius 3 is 3.04 bits per heavy atom. The molecule has 3 heterocycles. The van der Waals surface area contributed by atoms with E-state index in [0.29, 0.717) is 30.5 Å². The molecule has 24 heavy (non-hydrogen) atoms. The van der Waals surface area contributed by atoms with Crippen LogP contribution in [-0.2, 0) is 4.74 Å². The molecule has 0 spiro atoms. The standard InChI is InChI=1S/C14H18N8O2/c1-2-6-24-7-4-15-12-8-13(17-10-16-12)22-14(23)11(9-19-22)21-5-3-18-20-21/h3,5,8-10,19H,2,4,6-7H2,1H3,(H,15,16,17). The molecule has 0 amide bonds. The van der Waals surface area contributed by atoms with Gasteiger partial charge in [0.25, 0.3) is 5.56 Å². The summed E-state index contributed by atoms with van der Waals surface area (Å²) in [7, 11) is 0. The average Bonchev–Trinajstić information content (AvgIpc) is 3.24. The Morgan fingerprint density at radius 2 is 2.25 bits per heavy atom. The highest BCUT2D eigenvalue weighted by Gasteiger charge is 2.11. The summed E-state index contributed by atoms with van der Waals surface area (Å²) < 4.78 is 8.11. The summed E-state index contributed by atoms with van der Waals surface area (Å²) in [6.45, 7) is 4.01. The lowest BCUT2D eigenvalue weighted by Gasteiger charge is -2.07. The first-order valence-corrected chi connectivity index (χ1v) is 7.60. The van der Waals surface area contributed by atoms with E-state index in [1.54, 1.807) is 18.5 Å². The molecule has 0 aliphatic rings. The third kappa shape index (κ3) is 3.49. The fourth-order valence-corrected chi connectivity index (χ4v) is 2.10. The monoisotopic (exact) mass is 330 g/mol. The second kappa shape index (κ2) is 7.51. The Morgan fingerprint density at radius 1 is 1.33 bits per heavy atom. The molecule has 10 heteroatoms. The molecule has 0 aliphatic carbocycles. The van der Waals surface area contributed by atoms with Gasteiger partial charge in [0.1, 0.15) is 12.1 Å². The number of nitrogens with one attached hydrogen (secondary N) is 2. The van der Waals surface area contributed by atoms with Crippen LogP contribution < -0.4 is 10.9 Å². The van der Waals surface area contributed by atoms with Crippen molar-refractivity contribution in [2.24, 2.45) is 0 Å². The Labute approximate surface area is 137 Å². The first kappa shape index (κ1) is 15.9. The zero-order valence-electron chi connectivity index (χ0n) is 13.2. The molecular formula is C14H18N8O2. The minimum absolute atomic E-state index is 0.281. The molecule has 0 bridgehead atoms. The van der Waals surface area contributed by atoms with E-state index < -0.39 is 0 Å². The number of anilines is 1. The molecule has 3 rings (SSSR count). The zero-order chi connectivity index (χ0) is 16.8. The summed E-state index contributed by atoms with van der Waals surface area (Å²) in [6.07, 6.45) is 7.03. The Hall–Kier alpha value is -3.01. The molecule has 0 saturated carbocycles. The van der Waals surface area contributed by atoms with E-state index in [-0.39, 0.29) is 5.56 Å². The highest BCUT2D eigenvalue weighted by molar-refractivity contribution is 5.41. The molecule has 0 saturated heterocycles. The highest BCUT2D eigenvalue weighted by atomic mass is 16.5. The van der Waals surface area contributed by atoms with Crippen LogP contribution in [0.1, 0.15) is 13.3 Å². The predicted molar refractivity (Wildman–Crippen MR) is 86.5 cm³/mol. The first-order chi connectivity index (χ1) is 11.8. The fourth-order valence-electron chi connectivity index (χ4n) is 2.10. The van der Waals surface area contributed by atoms with Crippen molar-refractivity contribution in [2.45, 2.75) is 13.3 Å². The quantitative estimate of drug-likeness (QED) is 0.573. The molecule has 0 unspecified atom stereocenters. The van der Waals surface area contributed by atoms with Gasteiger partial charge in [0, 0.05) is 19.2 Å². The molecule has 0 atom stereocenters. The number of aromatic amines is 1. The van der Waals surface area contributed by atoms with Crippen LogP contribution in [0.5, 0.6) is 0 Å². The Bertz CT molecular complexity index is 823. The molecule has 3 aromatic heterocycles. The van der Waals surface area contributed by atoms with Gasteiger partial charge in [0.05, 0.1) is 25.2 Å². The second-order valence-electron chi connectivity index (χ2n) is 4.95. The SMILES string of the molecule is CCCOCCNc1cc(-n2[nH]cc(-n3ccnn3)c2=O)ncn1. The molecule has 0 aliphatic heterocycles. The van der Waals surface area contributed by atoms with Gasteiger partial charge in [-0.2, -0.15) is 4.68 Å². The van der Waals surface area contributed by atoms with Gasteiger partial charge in [-0.3, -0.25) is 9.89 Å². The van der Waals surface area contributed by atoms with Crippen LogP contribution in [0.4, 0.5) is 5.82 Å². The van der Waals surface area contributed by atoms with Crippen LogP contribution in [0.2, 0.25) is 0 Å². The maximum atomic E-state index is 12.5. The zero-order valence-corrected chi connectivity index (χ0v) is 13.2.